The molecule has 0 spiro atoms. The maximum absolute atomic E-state index is 13.3. The van der Waals surface area contributed by atoms with Crippen molar-refractivity contribution in [2.45, 2.75) is 25.6 Å². The second-order valence-corrected chi connectivity index (χ2v) is 3.75. The molecule has 3 nitrogen and oxygen atoms in total. The number of carbonyl (C=O) groups is 1. The van der Waals surface area contributed by atoms with Gasteiger partial charge in [-0.15, -0.1) is 0 Å². The van der Waals surface area contributed by atoms with Gasteiger partial charge in [-0.25, -0.2) is 13.2 Å². The minimum atomic E-state index is -4.05. The van der Waals surface area contributed by atoms with Gasteiger partial charge in [0.15, 0.2) is 5.83 Å². The Kier molecular flexibility index (Phi) is 4.50. The van der Waals surface area contributed by atoms with Crippen molar-refractivity contribution in [2.24, 2.45) is 5.92 Å². The van der Waals surface area contributed by atoms with Crippen LogP contribution in [0.3, 0.4) is 0 Å². The zero-order chi connectivity index (χ0) is 13.9. The van der Waals surface area contributed by atoms with E-state index in [-0.39, 0.29) is 19.4 Å². The summed E-state index contributed by atoms with van der Waals surface area (Å²) in [6.07, 6.45) is -0.132. The highest BCUT2D eigenvalue weighted by atomic mass is 19.2. The molecule has 1 rings (SSSR count). The quantitative estimate of drug-likeness (QED) is 0.629. The van der Waals surface area contributed by atoms with Crippen LogP contribution < -0.4 is 0 Å². The van der Waals surface area contributed by atoms with Gasteiger partial charge in [-0.3, -0.25) is 4.79 Å². The molecular formula is C11H12F4O3. The van der Waals surface area contributed by atoms with Crippen LogP contribution in [0, 0.1) is 5.92 Å². The third kappa shape index (κ3) is 2.90. The summed E-state index contributed by atoms with van der Waals surface area (Å²) in [5.74, 6) is -11.8. The number of halogens is 4. The molecule has 1 aliphatic rings. The Balaban J connectivity index is 2.74. The van der Waals surface area contributed by atoms with E-state index in [4.69, 9.17) is 5.11 Å². The summed E-state index contributed by atoms with van der Waals surface area (Å²) in [6, 6.07) is 0. The van der Waals surface area contributed by atoms with Crippen molar-refractivity contribution < 1.29 is 32.2 Å². The molecule has 102 valence electrons. The smallest absolute Gasteiger partial charge is 0.314 e. The molecular weight excluding hydrogens is 256 g/mol. The minimum absolute atomic E-state index is 0.130. The van der Waals surface area contributed by atoms with Gasteiger partial charge in [0, 0.05) is 12.3 Å². The Morgan fingerprint density at radius 2 is 2.11 bits per heavy atom. The number of hydrogen-bond donors (Lipinski definition) is 1. The zero-order valence-electron chi connectivity index (χ0n) is 9.55. The van der Waals surface area contributed by atoms with Gasteiger partial charge < -0.3 is 9.84 Å². The summed E-state index contributed by atoms with van der Waals surface area (Å²) in [4.78, 5) is 11.0. The van der Waals surface area contributed by atoms with Gasteiger partial charge in [0.05, 0.1) is 6.61 Å². The van der Waals surface area contributed by atoms with Gasteiger partial charge >= 0.3 is 11.8 Å². The number of esters is 1. The van der Waals surface area contributed by atoms with E-state index in [1.165, 1.54) is 0 Å². The molecule has 0 aromatic heterocycles. The molecule has 0 bridgehead atoms. The Labute approximate surface area is 101 Å². The van der Waals surface area contributed by atoms with Crippen LogP contribution in [0.15, 0.2) is 23.6 Å². The Morgan fingerprint density at radius 3 is 2.67 bits per heavy atom. The average Bonchev–Trinajstić information content (AvgIpc) is 2.30. The first-order chi connectivity index (χ1) is 8.30. The van der Waals surface area contributed by atoms with Crippen LogP contribution in [-0.2, 0) is 9.53 Å². The van der Waals surface area contributed by atoms with E-state index in [0.717, 1.165) is 0 Å². The first kappa shape index (κ1) is 14.7. The van der Waals surface area contributed by atoms with E-state index in [2.05, 4.69) is 4.74 Å². The molecule has 0 amide bonds. The largest absolute Gasteiger partial charge is 0.466 e. The minimum Gasteiger partial charge on any atom is -0.466 e. The third-order valence-corrected chi connectivity index (χ3v) is 2.45. The highest BCUT2D eigenvalue weighted by molar-refractivity contribution is 5.69. The molecule has 0 heterocycles. The molecule has 1 aliphatic carbocycles. The number of rotatable bonds is 4. The number of aliphatic hydroxyl groups is 1. The van der Waals surface area contributed by atoms with Crippen molar-refractivity contribution in [1.82, 2.24) is 0 Å². The summed E-state index contributed by atoms with van der Waals surface area (Å²) >= 11 is 0. The lowest BCUT2D eigenvalue weighted by Crippen LogP contribution is -2.30. The average molecular weight is 268 g/mol. The number of hydrogen-bond acceptors (Lipinski definition) is 3. The van der Waals surface area contributed by atoms with Crippen molar-refractivity contribution in [3.63, 3.8) is 0 Å². The SMILES string of the molecule is CCOC(=O)CCC1C=C(F)C(O)(F)C(F)=C1F. The van der Waals surface area contributed by atoms with Crippen LogP contribution in [0.25, 0.3) is 0 Å². The van der Waals surface area contributed by atoms with Gasteiger partial charge in [-0.1, -0.05) is 0 Å². The van der Waals surface area contributed by atoms with Crippen LogP contribution in [0.2, 0.25) is 0 Å². The fourth-order valence-corrected chi connectivity index (χ4v) is 1.50. The number of allylic oxidation sites excluding steroid dienone is 2. The summed E-state index contributed by atoms with van der Waals surface area (Å²) in [5, 5.41) is 8.69. The van der Waals surface area contributed by atoms with Gasteiger partial charge in [-0.2, -0.15) is 4.39 Å². The standard InChI is InChI=1S/C11H12F4O3/c1-2-18-8(16)4-3-6-5-7(12)11(15,17)10(14)9(6)13/h5-6,17H,2-4H2,1H3. The molecule has 2 unspecified atom stereocenters. The van der Waals surface area contributed by atoms with E-state index in [0.29, 0.717) is 6.08 Å². The maximum Gasteiger partial charge on any atom is 0.314 e. The zero-order valence-corrected chi connectivity index (χ0v) is 9.55. The Bertz CT molecular complexity index is 401. The van der Waals surface area contributed by atoms with E-state index in [9.17, 15) is 22.4 Å². The van der Waals surface area contributed by atoms with Gasteiger partial charge in [0.2, 0.25) is 5.83 Å². The normalized spacial score (nSPS) is 28.1. The fourth-order valence-electron chi connectivity index (χ4n) is 1.50. The molecule has 0 radical (unpaired) electrons. The van der Waals surface area contributed by atoms with Gasteiger partial charge in [-0.05, 0) is 19.4 Å². The van der Waals surface area contributed by atoms with Crippen LogP contribution in [0.4, 0.5) is 17.6 Å². The molecule has 2 atom stereocenters. The van der Waals surface area contributed by atoms with Crippen LogP contribution in [0.5, 0.6) is 0 Å². The van der Waals surface area contributed by atoms with E-state index < -0.39 is 35.2 Å². The first-order valence-corrected chi connectivity index (χ1v) is 5.31. The van der Waals surface area contributed by atoms with Crippen LogP contribution in [-0.4, -0.2) is 23.5 Å². The summed E-state index contributed by atoms with van der Waals surface area (Å²) < 4.78 is 56.8. The molecule has 0 fully saturated rings. The van der Waals surface area contributed by atoms with Crippen LogP contribution in [0.1, 0.15) is 19.8 Å². The van der Waals surface area contributed by atoms with Gasteiger partial charge in [0.1, 0.15) is 5.83 Å². The van der Waals surface area contributed by atoms with Crippen molar-refractivity contribution in [3.05, 3.63) is 23.6 Å². The molecule has 0 saturated carbocycles. The lowest BCUT2D eigenvalue weighted by Gasteiger charge is -2.23. The number of ether oxygens (including phenoxy) is 1. The number of carbonyl (C=O) groups excluding carboxylic acids is 1. The first-order valence-electron chi connectivity index (χ1n) is 5.31. The van der Waals surface area contributed by atoms with Crippen molar-refractivity contribution in [1.29, 1.82) is 0 Å². The van der Waals surface area contributed by atoms with Crippen molar-refractivity contribution >= 4 is 5.97 Å². The Hall–Kier alpha value is -1.37. The predicted octanol–water partition coefficient (Wildman–Crippen LogP) is 2.62. The fraction of sp³-hybridized carbons (Fsp3) is 0.545. The molecule has 0 aliphatic heterocycles. The summed E-state index contributed by atoms with van der Waals surface area (Å²) in [5.41, 5.74) is 0. The molecule has 0 saturated heterocycles. The third-order valence-electron chi connectivity index (χ3n) is 2.45. The molecule has 1 N–H and O–H groups in total. The summed E-state index contributed by atoms with van der Waals surface area (Å²) in [7, 11) is 0. The lowest BCUT2D eigenvalue weighted by molar-refractivity contribution is -0.143. The van der Waals surface area contributed by atoms with E-state index in [1.54, 1.807) is 6.92 Å². The van der Waals surface area contributed by atoms with E-state index in [1.807, 2.05) is 0 Å². The lowest BCUT2D eigenvalue weighted by atomic mass is 9.93. The van der Waals surface area contributed by atoms with Gasteiger partial charge in [0.25, 0.3) is 0 Å². The second kappa shape index (κ2) is 5.51. The number of alkyl halides is 1. The highest BCUT2D eigenvalue weighted by Gasteiger charge is 2.45. The van der Waals surface area contributed by atoms with Crippen molar-refractivity contribution in [3.8, 4) is 0 Å². The second-order valence-electron chi connectivity index (χ2n) is 3.75. The summed E-state index contributed by atoms with van der Waals surface area (Å²) in [6.45, 7) is 1.70. The molecule has 7 heteroatoms. The molecule has 0 aromatic carbocycles. The Morgan fingerprint density at radius 1 is 1.50 bits per heavy atom. The predicted molar refractivity (Wildman–Crippen MR) is 53.8 cm³/mol. The topological polar surface area (TPSA) is 46.5 Å². The van der Waals surface area contributed by atoms with Crippen molar-refractivity contribution in [2.75, 3.05) is 6.61 Å². The van der Waals surface area contributed by atoms with Crippen LogP contribution >= 0.6 is 0 Å². The molecule has 18 heavy (non-hydrogen) atoms. The maximum atomic E-state index is 13.3. The highest BCUT2D eigenvalue weighted by Crippen LogP contribution is 2.41. The molecule has 0 aromatic rings. The monoisotopic (exact) mass is 268 g/mol. The van der Waals surface area contributed by atoms with E-state index >= 15 is 0 Å².